The molecule has 0 unspecified atom stereocenters. The molecule has 94 valence electrons. The van der Waals surface area contributed by atoms with Crippen molar-refractivity contribution in [2.75, 3.05) is 11.9 Å². The molecule has 1 heterocycles. The Labute approximate surface area is 95.3 Å². The first kappa shape index (κ1) is 11.9. The standard InChI is InChI=1S/C10H12F3N3O/c11-10(12,13)3-4-14-7-5-8(17)16-9(15-7)6-1-2-6/h5-6H,1-4H2,(H2,14,15,16,17). The van der Waals surface area contributed by atoms with Crippen molar-refractivity contribution in [1.82, 2.24) is 9.97 Å². The van der Waals surface area contributed by atoms with Crippen molar-refractivity contribution in [1.29, 1.82) is 0 Å². The second kappa shape index (κ2) is 4.38. The molecule has 7 heteroatoms. The molecule has 1 saturated carbocycles. The normalized spacial score (nSPS) is 15.9. The molecule has 1 fully saturated rings. The van der Waals surface area contributed by atoms with Crippen molar-refractivity contribution < 1.29 is 13.2 Å². The van der Waals surface area contributed by atoms with Gasteiger partial charge in [0.25, 0.3) is 5.56 Å². The molecule has 2 N–H and O–H groups in total. The molecule has 4 nitrogen and oxygen atoms in total. The quantitative estimate of drug-likeness (QED) is 0.855. The number of nitrogens with one attached hydrogen (secondary N) is 2. The van der Waals surface area contributed by atoms with Crippen LogP contribution < -0.4 is 10.9 Å². The molecule has 0 radical (unpaired) electrons. The van der Waals surface area contributed by atoms with E-state index in [1.165, 1.54) is 6.07 Å². The number of aromatic amines is 1. The minimum atomic E-state index is -4.20. The fraction of sp³-hybridized carbons (Fsp3) is 0.600. The summed E-state index contributed by atoms with van der Waals surface area (Å²) >= 11 is 0. The lowest BCUT2D eigenvalue weighted by Gasteiger charge is -2.08. The van der Waals surface area contributed by atoms with Crippen molar-refractivity contribution in [3.8, 4) is 0 Å². The number of aromatic nitrogens is 2. The average molecular weight is 247 g/mol. The fourth-order valence-electron chi connectivity index (χ4n) is 1.45. The van der Waals surface area contributed by atoms with Crippen LogP contribution in [-0.4, -0.2) is 22.7 Å². The zero-order valence-corrected chi connectivity index (χ0v) is 8.97. The summed E-state index contributed by atoms with van der Waals surface area (Å²) in [5.74, 6) is 1.03. The van der Waals surface area contributed by atoms with Crippen molar-refractivity contribution in [3.63, 3.8) is 0 Å². The largest absolute Gasteiger partial charge is 0.390 e. The van der Waals surface area contributed by atoms with Gasteiger partial charge in [0.05, 0.1) is 6.42 Å². The van der Waals surface area contributed by atoms with Crippen molar-refractivity contribution in [3.05, 3.63) is 22.2 Å². The first-order valence-electron chi connectivity index (χ1n) is 5.36. The zero-order valence-electron chi connectivity index (χ0n) is 8.97. The molecule has 17 heavy (non-hydrogen) atoms. The Morgan fingerprint density at radius 3 is 2.76 bits per heavy atom. The average Bonchev–Trinajstić information content (AvgIpc) is 2.97. The van der Waals surface area contributed by atoms with Crippen LogP contribution in [-0.2, 0) is 0 Å². The van der Waals surface area contributed by atoms with E-state index in [-0.39, 0.29) is 23.8 Å². The Morgan fingerprint density at radius 2 is 2.18 bits per heavy atom. The molecule has 1 aliphatic rings. The molecule has 0 saturated heterocycles. The molecule has 0 bridgehead atoms. The number of hydrogen-bond donors (Lipinski definition) is 2. The maximum atomic E-state index is 11.9. The van der Waals surface area contributed by atoms with Crippen LogP contribution in [0.15, 0.2) is 10.9 Å². The first-order valence-corrected chi connectivity index (χ1v) is 5.36. The number of anilines is 1. The molecular weight excluding hydrogens is 235 g/mol. The van der Waals surface area contributed by atoms with E-state index in [1.54, 1.807) is 0 Å². The third kappa shape index (κ3) is 3.76. The van der Waals surface area contributed by atoms with Gasteiger partial charge in [-0.05, 0) is 12.8 Å². The molecule has 0 atom stereocenters. The van der Waals surface area contributed by atoms with Gasteiger partial charge in [-0.15, -0.1) is 0 Å². The maximum absolute atomic E-state index is 11.9. The summed E-state index contributed by atoms with van der Waals surface area (Å²) in [7, 11) is 0. The van der Waals surface area contributed by atoms with E-state index in [4.69, 9.17) is 0 Å². The summed E-state index contributed by atoms with van der Waals surface area (Å²) in [5.41, 5.74) is -0.337. The Kier molecular flexibility index (Phi) is 3.08. The van der Waals surface area contributed by atoms with Gasteiger partial charge in [0.1, 0.15) is 11.6 Å². The Hall–Kier alpha value is -1.53. The van der Waals surface area contributed by atoms with Crippen LogP contribution in [0.1, 0.15) is 31.0 Å². The lowest BCUT2D eigenvalue weighted by molar-refractivity contribution is -0.131. The molecule has 0 aliphatic heterocycles. The van der Waals surface area contributed by atoms with E-state index >= 15 is 0 Å². The van der Waals surface area contributed by atoms with Gasteiger partial charge in [-0.25, -0.2) is 4.98 Å². The number of H-pyrrole nitrogens is 1. The highest BCUT2D eigenvalue weighted by molar-refractivity contribution is 5.33. The summed E-state index contributed by atoms with van der Waals surface area (Å²) in [6, 6.07) is 1.17. The highest BCUT2D eigenvalue weighted by Gasteiger charge is 2.27. The predicted octanol–water partition coefficient (Wildman–Crippen LogP) is 2.01. The summed E-state index contributed by atoms with van der Waals surface area (Å²) in [5, 5.41) is 2.51. The minimum absolute atomic E-state index is 0.208. The van der Waals surface area contributed by atoms with Crippen LogP contribution in [0, 0.1) is 0 Å². The van der Waals surface area contributed by atoms with Gasteiger partial charge in [0, 0.05) is 18.5 Å². The van der Waals surface area contributed by atoms with Crippen LogP contribution in [0.5, 0.6) is 0 Å². The number of nitrogens with zero attached hydrogens (tertiary/aromatic N) is 1. The van der Waals surface area contributed by atoms with Gasteiger partial charge >= 0.3 is 6.18 Å². The van der Waals surface area contributed by atoms with Gasteiger partial charge in [0.15, 0.2) is 0 Å². The number of halogens is 3. The zero-order chi connectivity index (χ0) is 12.5. The van der Waals surface area contributed by atoms with E-state index in [1.807, 2.05) is 0 Å². The van der Waals surface area contributed by atoms with Gasteiger partial charge in [-0.2, -0.15) is 13.2 Å². The van der Waals surface area contributed by atoms with E-state index in [9.17, 15) is 18.0 Å². The van der Waals surface area contributed by atoms with E-state index in [2.05, 4.69) is 15.3 Å². The van der Waals surface area contributed by atoms with E-state index in [0.717, 1.165) is 12.8 Å². The lowest BCUT2D eigenvalue weighted by atomic mass is 10.3. The highest BCUT2D eigenvalue weighted by atomic mass is 19.4. The minimum Gasteiger partial charge on any atom is -0.370 e. The third-order valence-corrected chi connectivity index (χ3v) is 2.44. The van der Waals surface area contributed by atoms with Gasteiger partial charge in [0.2, 0.25) is 0 Å². The van der Waals surface area contributed by atoms with Crippen molar-refractivity contribution in [2.45, 2.75) is 31.4 Å². The smallest absolute Gasteiger partial charge is 0.370 e. The van der Waals surface area contributed by atoms with Gasteiger partial charge in [-0.3, -0.25) is 4.79 Å². The van der Waals surface area contributed by atoms with Crippen molar-refractivity contribution in [2.24, 2.45) is 0 Å². The van der Waals surface area contributed by atoms with Gasteiger partial charge in [-0.1, -0.05) is 0 Å². The monoisotopic (exact) mass is 247 g/mol. The Morgan fingerprint density at radius 1 is 1.47 bits per heavy atom. The number of alkyl halides is 3. The van der Waals surface area contributed by atoms with Crippen LogP contribution in [0.4, 0.5) is 19.0 Å². The molecule has 1 aromatic heterocycles. The molecule has 2 rings (SSSR count). The number of rotatable bonds is 4. The molecular formula is C10H12F3N3O. The maximum Gasteiger partial charge on any atom is 0.390 e. The Balaban J connectivity index is 1.98. The third-order valence-electron chi connectivity index (χ3n) is 2.44. The summed E-state index contributed by atoms with van der Waals surface area (Å²) in [4.78, 5) is 17.9. The Bertz CT molecular complexity index is 451. The number of hydrogen-bond acceptors (Lipinski definition) is 3. The first-order chi connectivity index (χ1) is 7.94. The topological polar surface area (TPSA) is 57.8 Å². The second-order valence-electron chi connectivity index (χ2n) is 4.08. The van der Waals surface area contributed by atoms with Crippen LogP contribution in [0.2, 0.25) is 0 Å². The van der Waals surface area contributed by atoms with Gasteiger partial charge < -0.3 is 10.3 Å². The highest BCUT2D eigenvalue weighted by Crippen LogP contribution is 2.37. The second-order valence-corrected chi connectivity index (χ2v) is 4.08. The molecule has 1 aliphatic carbocycles. The van der Waals surface area contributed by atoms with Crippen LogP contribution >= 0.6 is 0 Å². The summed E-state index contributed by atoms with van der Waals surface area (Å²) in [6.45, 7) is -0.274. The SMILES string of the molecule is O=c1cc(NCCC(F)(F)F)nc(C2CC2)[nH]1. The predicted molar refractivity (Wildman–Crippen MR) is 56.0 cm³/mol. The van der Waals surface area contributed by atoms with E-state index < -0.39 is 12.6 Å². The molecule has 0 amide bonds. The summed E-state index contributed by atoms with van der Waals surface area (Å²) in [6.07, 6.45) is -3.21. The van der Waals surface area contributed by atoms with Crippen LogP contribution in [0.25, 0.3) is 0 Å². The molecule has 0 aromatic carbocycles. The lowest BCUT2D eigenvalue weighted by Crippen LogP contribution is -2.18. The van der Waals surface area contributed by atoms with E-state index in [0.29, 0.717) is 5.82 Å². The van der Waals surface area contributed by atoms with Crippen molar-refractivity contribution >= 4 is 5.82 Å². The van der Waals surface area contributed by atoms with Crippen LogP contribution in [0.3, 0.4) is 0 Å². The fourth-order valence-corrected chi connectivity index (χ4v) is 1.45. The summed E-state index contributed by atoms with van der Waals surface area (Å²) < 4.78 is 35.8. The molecule has 1 aromatic rings. The molecule has 0 spiro atoms.